The summed E-state index contributed by atoms with van der Waals surface area (Å²) in [4.78, 5) is 14.4. The maximum atomic E-state index is 13.2. The standard InChI is InChI=1S/C24H25FN2O5S2/c1-4-6-14-32-21-15-17(7-12-20(21)31-3)16-22-23(28)27(13-5-2)24(33-22)26-34(29,30)19-10-8-18(25)9-11-19/h5,7-12,15-16H,2,4,6,13-14H2,1,3H3. The number of amidine groups is 1. The van der Waals surface area contributed by atoms with Crippen molar-refractivity contribution in [2.24, 2.45) is 4.40 Å². The van der Waals surface area contributed by atoms with Crippen molar-refractivity contribution >= 4 is 38.9 Å². The minimum absolute atomic E-state index is 0.00611. The molecule has 1 heterocycles. The Morgan fingerprint density at radius 2 is 1.91 bits per heavy atom. The Kier molecular flexibility index (Phi) is 8.51. The normalized spacial score (nSPS) is 16.3. The van der Waals surface area contributed by atoms with E-state index in [4.69, 9.17) is 9.47 Å². The molecule has 1 fully saturated rings. The summed E-state index contributed by atoms with van der Waals surface area (Å²) in [6, 6.07) is 9.61. The molecule has 0 bridgehead atoms. The Balaban J connectivity index is 1.94. The molecule has 1 saturated heterocycles. The van der Waals surface area contributed by atoms with E-state index in [1.807, 2.05) is 0 Å². The lowest BCUT2D eigenvalue weighted by atomic mass is 10.2. The maximum Gasteiger partial charge on any atom is 0.284 e. The summed E-state index contributed by atoms with van der Waals surface area (Å²) >= 11 is 0.938. The Bertz CT molecular complexity index is 1220. The molecule has 0 spiro atoms. The first-order valence-corrected chi connectivity index (χ1v) is 12.8. The van der Waals surface area contributed by atoms with Gasteiger partial charge in [0.1, 0.15) is 5.82 Å². The summed E-state index contributed by atoms with van der Waals surface area (Å²) in [7, 11) is -2.60. The molecule has 1 amide bonds. The number of carbonyl (C=O) groups excluding carboxylic acids is 1. The Morgan fingerprint density at radius 1 is 1.18 bits per heavy atom. The van der Waals surface area contributed by atoms with E-state index < -0.39 is 21.7 Å². The van der Waals surface area contributed by atoms with Crippen LogP contribution >= 0.6 is 11.8 Å². The summed E-state index contributed by atoms with van der Waals surface area (Å²) < 4.78 is 53.6. The van der Waals surface area contributed by atoms with Crippen molar-refractivity contribution in [2.75, 3.05) is 20.3 Å². The number of benzene rings is 2. The van der Waals surface area contributed by atoms with Crippen LogP contribution in [-0.2, 0) is 14.8 Å². The maximum absolute atomic E-state index is 13.2. The van der Waals surface area contributed by atoms with Gasteiger partial charge in [0.2, 0.25) is 0 Å². The van der Waals surface area contributed by atoms with Gasteiger partial charge in [-0.25, -0.2) is 4.39 Å². The third-order valence-corrected chi connectivity index (χ3v) is 7.15. The molecule has 7 nitrogen and oxygen atoms in total. The lowest BCUT2D eigenvalue weighted by Crippen LogP contribution is -2.29. The van der Waals surface area contributed by atoms with Crippen LogP contribution in [-0.4, -0.2) is 44.7 Å². The highest BCUT2D eigenvalue weighted by Crippen LogP contribution is 2.35. The molecule has 34 heavy (non-hydrogen) atoms. The molecule has 1 aliphatic heterocycles. The molecule has 2 aromatic rings. The first kappa shape index (κ1) is 25.5. The number of sulfonamides is 1. The zero-order valence-electron chi connectivity index (χ0n) is 18.9. The number of amides is 1. The second kappa shape index (κ2) is 11.3. The molecule has 10 heteroatoms. The van der Waals surface area contributed by atoms with Gasteiger partial charge in [-0.15, -0.1) is 11.0 Å². The van der Waals surface area contributed by atoms with E-state index in [0.717, 1.165) is 48.9 Å². The topological polar surface area (TPSA) is 85.3 Å². The molecule has 0 radical (unpaired) electrons. The highest BCUT2D eigenvalue weighted by atomic mass is 32.2. The number of hydrogen-bond acceptors (Lipinski definition) is 6. The van der Waals surface area contributed by atoms with Gasteiger partial charge in [-0.1, -0.05) is 25.5 Å². The van der Waals surface area contributed by atoms with Gasteiger partial charge < -0.3 is 9.47 Å². The van der Waals surface area contributed by atoms with Gasteiger partial charge in [0, 0.05) is 6.54 Å². The van der Waals surface area contributed by atoms with Crippen LogP contribution in [0.4, 0.5) is 4.39 Å². The number of unbranched alkanes of at least 4 members (excludes halogenated alkanes) is 1. The van der Waals surface area contributed by atoms with E-state index in [9.17, 15) is 17.6 Å². The van der Waals surface area contributed by atoms with Crippen LogP contribution in [0.3, 0.4) is 0 Å². The van der Waals surface area contributed by atoms with Crippen molar-refractivity contribution in [2.45, 2.75) is 24.7 Å². The van der Waals surface area contributed by atoms with Gasteiger partial charge >= 0.3 is 0 Å². The fraction of sp³-hybridized carbons (Fsp3) is 0.250. The molecule has 1 aliphatic rings. The number of carbonyl (C=O) groups is 1. The molecule has 0 saturated carbocycles. The summed E-state index contributed by atoms with van der Waals surface area (Å²) in [5.41, 5.74) is 0.685. The summed E-state index contributed by atoms with van der Waals surface area (Å²) in [5, 5.41) is -0.00611. The van der Waals surface area contributed by atoms with Crippen molar-refractivity contribution < 1.29 is 27.1 Å². The van der Waals surface area contributed by atoms with Gasteiger partial charge in [-0.2, -0.15) is 8.42 Å². The van der Waals surface area contributed by atoms with E-state index in [1.165, 1.54) is 11.0 Å². The highest BCUT2D eigenvalue weighted by molar-refractivity contribution is 8.19. The minimum Gasteiger partial charge on any atom is -0.493 e. The SMILES string of the molecule is C=CCN1C(=O)C(=Cc2ccc(OC)c(OCCCC)c2)SC1=NS(=O)(=O)c1ccc(F)cc1. The number of thioether (sulfide) groups is 1. The van der Waals surface area contributed by atoms with E-state index >= 15 is 0 Å². The largest absolute Gasteiger partial charge is 0.493 e. The number of hydrogen-bond donors (Lipinski definition) is 0. The second-order valence-corrected chi connectivity index (χ2v) is 9.84. The smallest absolute Gasteiger partial charge is 0.284 e. The van der Waals surface area contributed by atoms with Crippen LogP contribution in [0, 0.1) is 5.82 Å². The quantitative estimate of drug-likeness (QED) is 0.261. The van der Waals surface area contributed by atoms with E-state index in [2.05, 4.69) is 17.9 Å². The average Bonchev–Trinajstić information content (AvgIpc) is 3.08. The average molecular weight is 505 g/mol. The van der Waals surface area contributed by atoms with E-state index in [0.29, 0.717) is 28.6 Å². The molecule has 180 valence electrons. The third-order valence-electron chi connectivity index (χ3n) is 4.75. The van der Waals surface area contributed by atoms with Crippen molar-refractivity contribution in [1.82, 2.24) is 4.90 Å². The fourth-order valence-corrected chi connectivity index (χ4v) is 5.19. The molecule has 0 N–H and O–H groups in total. The van der Waals surface area contributed by atoms with Crippen LogP contribution in [0.15, 0.2) is 69.3 Å². The van der Waals surface area contributed by atoms with Gasteiger partial charge in [-0.3, -0.25) is 9.69 Å². The number of halogens is 1. The summed E-state index contributed by atoms with van der Waals surface area (Å²) in [6.07, 6.45) is 5.00. The van der Waals surface area contributed by atoms with Gasteiger partial charge in [0.25, 0.3) is 15.9 Å². The molecule has 0 atom stereocenters. The Labute approximate surface area is 203 Å². The third kappa shape index (κ3) is 6.06. The van der Waals surface area contributed by atoms with Crippen LogP contribution in [0.2, 0.25) is 0 Å². The minimum atomic E-state index is -4.15. The second-order valence-electron chi connectivity index (χ2n) is 7.23. The van der Waals surface area contributed by atoms with Crippen molar-refractivity contribution in [3.8, 4) is 11.5 Å². The molecule has 3 rings (SSSR count). The van der Waals surface area contributed by atoms with E-state index in [-0.39, 0.29) is 16.6 Å². The Morgan fingerprint density at radius 3 is 2.56 bits per heavy atom. The number of nitrogens with zero attached hydrogens (tertiary/aromatic N) is 2. The first-order valence-electron chi connectivity index (χ1n) is 10.5. The summed E-state index contributed by atoms with van der Waals surface area (Å²) in [5.74, 6) is 0.163. The fourth-order valence-electron chi connectivity index (χ4n) is 3.00. The zero-order valence-corrected chi connectivity index (χ0v) is 20.5. The molecular weight excluding hydrogens is 479 g/mol. The predicted octanol–water partition coefficient (Wildman–Crippen LogP) is 4.86. The number of ether oxygens (including phenoxy) is 2. The van der Waals surface area contributed by atoms with E-state index in [1.54, 1.807) is 31.4 Å². The van der Waals surface area contributed by atoms with Crippen LogP contribution in [0.25, 0.3) is 6.08 Å². The lowest BCUT2D eigenvalue weighted by Gasteiger charge is -2.12. The molecular formula is C24H25FN2O5S2. The lowest BCUT2D eigenvalue weighted by molar-refractivity contribution is -0.121. The molecule has 2 aromatic carbocycles. The Hall–Kier alpha value is -3.11. The van der Waals surface area contributed by atoms with Crippen LogP contribution < -0.4 is 9.47 Å². The molecule has 0 unspecified atom stereocenters. The number of rotatable bonds is 10. The van der Waals surface area contributed by atoms with Crippen LogP contribution in [0.5, 0.6) is 11.5 Å². The van der Waals surface area contributed by atoms with Crippen molar-refractivity contribution in [3.63, 3.8) is 0 Å². The van der Waals surface area contributed by atoms with Crippen molar-refractivity contribution in [3.05, 3.63) is 71.4 Å². The predicted molar refractivity (Wildman–Crippen MR) is 132 cm³/mol. The van der Waals surface area contributed by atoms with Gasteiger partial charge in [-0.05, 0) is 66.2 Å². The summed E-state index contributed by atoms with van der Waals surface area (Å²) in [6.45, 7) is 6.31. The molecule has 0 aliphatic carbocycles. The van der Waals surface area contributed by atoms with Crippen LogP contribution in [0.1, 0.15) is 25.3 Å². The zero-order chi connectivity index (χ0) is 24.7. The first-order chi connectivity index (χ1) is 16.3. The van der Waals surface area contributed by atoms with Gasteiger partial charge in [0.15, 0.2) is 16.7 Å². The molecule has 0 aromatic heterocycles. The van der Waals surface area contributed by atoms with Gasteiger partial charge in [0.05, 0.1) is 23.5 Å². The number of methoxy groups -OCH3 is 1. The van der Waals surface area contributed by atoms with Crippen molar-refractivity contribution in [1.29, 1.82) is 0 Å². The monoisotopic (exact) mass is 504 g/mol. The highest BCUT2D eigenvalue weighted by Gasteiger charge is 2.34.